The number of benzene rings is 2. The number of amides is 1. The molecular formula is C20H18Cl3NO4. The van der Waals surface area contributed by atoms with Crippen LogP contribution in [0, 0.1) is 0 Å². The Balaban J connectivity index is 1.72. The van der Waals surface area contributed by atoms with E-state index in [-0.39, 0.29) is 12.2 Å². The Morgan fingerprint density at radius 1 is 1.14 bits per heavy atom. The van der Waals surface area contributed by atoms with E-state index < -0.39 is 11.5 Å². The fourth-order valence-corrected chi connectivity index (χ4v) is 3.91. The number of ether oxygens (including phenoxy) is 1. The number of nitrogens with zero attached hydrogens (tertiary/aromatic N) is 1. The molecule has 1 aliphatic rings. The molecule has 1 heterocycles. The molecule has 0 aromatic heterocycles. The molecule has 1 atom stereocenters. The van der Waals surface area contributed by atoms with Crippen LogP contribution < -0.4 is 9.64 Å². The lowest BCUT2D eigenvalue weighted by molar-refractivity contribution is -0.141. The van der Waals surface area contributed by atoms with Crippen LogP contribution >= 0.6 is 34.8 Å². The molecule has 3 rings (SSSR count). The first-order valence-corrected chi connectivity index (χ1v) is 9.77. The van der Waals surface area contributed by atoms with Crippen LogP contribution in [0.2, 0.25) is 15.1 Å². The van der Waals surface area contributed by atoms with E-state index in [4.69, 9.17) is 39.5 Å². The number of Topliss-reactive ketones (excluding diaryl/α,β-unsaturated/α-hetero) is 1. The first-order chi connectivity index (χ1) is 13.2. The first kappa shape index (κ1) is 20.9. The molecule has 148 valence electrons. The highest BCUT2D eigenvalue weighted by atomic mass is 35.5. The maximum absolute atomic E-state index is 12.9. The average molecular weight is 443 g/mol. The van der Waals surface area contributed by atoms with Gasteiger partial charge < -0.3 is 14.7 Å². The number of rotatable bonds is 7. The largest absolute Gasteiger partial charge is 0.492 e. The van der Waals surface area contributed by atoms with E-state index >= 15 is 0 Å². The summed E-state index contributed by atoms with van der Waals surface area (Å²) >= 11 is 18.0. The summed E-state index contributed by atoms with van der Waals surface area (Å²) in [6.45, 7) is 1.94. The predicted octanol–water partition coefficient (Wildman–Crippen LogP) is 4.63. The molecule has 0 saturated carbocycles. The van der Waals surface area contributed by atoms with E-state index in [1.807, 2.05) is 0 Å². The summed E-state index contributed by atoms with van der Waals surface area (Å²) in [5.74, 6) is -0.326. The normalized spacial score (nSPS) is 18.3. The second-order valence-corrected chi connectivity index (χ2v) is 7.91. The van der Waals surface area contributed by atoms with Crippen molar-refractivity contribution < 1.29 is 19.4 Å². The molecule has 1 aliphatic heterocycles. The number of halogens is 3. The molecule has 1 unspecified atom stereocenters. The third-order valence-electron chi connectivity index (χ3n) is 4.48. The fraction of sp³-hybridized carbons (Fsp3) is 0.300. The van der Waals surface area contributed by atoms with Gasteiger partial charge in [0.1, 0.15) is 11.5 Å². The number of hydrogen-bond acceptors (Lipinski definition) is 4. The van der Waals surface area contributed by atoms with Gasteiger partial charge in [0.25, 0.3) is 5.91 Å². The van der Waals surface area contributed by atoms with Crippen molar-refractivity contribution in [3.8, 4) is 5.75 Å². The van der Waals surface area contributed by atoms with Crippen LogP contribution in [0.25, 0.3) is 0 Å². The van der Waals surface area contributed by atoms with Gasteiger partial charge in [-0.05, 0) is 49.7 Å². The topological polar surface area (TPSA) is 66.8 Å². The van der Waals surface area contributed by atoms with E-state index in [1.165, 1.54) is 17.9 Å². The smallest absolute Gasteiger partial charge is 0.264 e. The van der Waals surface area contributed by atoms with E-state index in [0.29, 0.717) is 51.6 Å². The summed E-state index contributed by atoms with van der Waals surface area (Å²) in [7, 11) is 0. The van der Waals surface area contributed by atoms with Crippen molar-refractivity contribution >= 4 is 52.2 Å². The maximum atomic E-state index is 12.9. The number of anilines is 1. The van der Waals surface area contributed by atoms with E-state index in [1.54, 1.807) is 30.3 Å². The van der Waals surface area contributed by atoms with Gasteiger partial charge in [-0.1, -0.05) is 34.8 Å². The first-order valence-electron chi connectivity index (χ1n) is 8.64. The molecule has 0 radical (unpaired) electrons. The highest BCUT2D eigenvalue weighted by Crippen LogP contribution is 2.43. The number of fused-ring (bicyclic) bond motifs is 1. The highest BCUT2D eigenvalue weighted by Gasteiger charge is 2.50. The molecule has 2 aromatic carbocycles. The predicted molar refractivity (Wildman–Crippen MR) is 110 cm³/mol. The number of aliphatic hydroxyl groups is 1. The highest BCUT2D eigenvalue weighted by molar-refractivity contribution is 6.35. The minimum atomic E-state index is -1.90. The molecule has 28 heavy (non-hydrogen) atoms. The zero-order valence-corrected chi connectivity index (χ0v) is 17.3. The van der Waals surface area contributed by atoms with Gasteiger partial charge in [0.15, 0.2) is 5.60 Å². The lowest BCUT2D eigenvalue weighted by atomic mass is 9.90. The van der Waals surface area contributed by atoms with Crippen LogP contribution in [0.5, 0.6) is 5.75 Å². The van der Waals surface area contributed by atoms with Crippen LogP contribution in [0.3, 0.4) is 0 Å². The summed E-state index contributed by atoms with van der Waals surface area (Å²) in [6.07, 6.45) is 0.190. The Morgan fingerprint density at radius 3 is 2.50 bits per heavy atom. The zero-order valence-electron chi connectivity index (χ0n) is 15.0. The molecule has 0 spiro atoms. The van der Waals surface area contributed by atoms with Crippen LogP contribution in [0.1, 0.15) is 25.3 Å². The van der Waals surface area contributed by atoms with Gasteiger partial charge in [-0.15, -0.1) is 0 Å². The van der Waals surface area contributed by atoms with E-state index in [2.05, 4.69) is 0 Å². The summed E-state index contributed by atoms with van der Waals surface area (Å²) in [5.41, 5.74) is -1.00. The molecule has 1 N–H and O–H groups in total. The third-order valence-corrected chi connectivity index (χ3v) is 5.24. The number of hydrogen-bond donors (Lipinski definition) is 1. The van der Waals surface area contributed by atoms with E-state index in [0.717, 1.165) is 0 Å². The Bertz CT molecular complexity index is 934. The lowest BCUT2D eigenvalue weighted by Crippen LogP contribution is -2.42. The third kappa shape index (κ3) is 4.13. The van der Waals surface area contributed by atoms with Gasteiger partial charge >= 0.3 is 0 Å². The van der Waals surface area contributed by atoms with Crippen LogP contribution in [-0.4, -0.2) is 29.9 Å². The molecule has 0 saturated heterocycles. The summed E-state index contributed by atoms with van der Waals surface area (Å²) in [5, 5.41) is 12.2. The Hall–Kier alpha value is -1.79. The maximum Gasteiger partial charge on any atom is 0.264 e. The molecule has 1 amide bonds. The van der Waals surface area contributed by atoms with Crippen LogP contribution in [0.15, 0.2) is 36.4 Å². The fourth-order valence-electron chi connectivity index (χ4n) is 3.27. The SMILES string of the molecule is CC(=O)CC1(O)C(=O)N(CCCOc2ccc(Cl)cc2Cl)c2ccc(Cl)cc21. The Kier molecular flexibility index (Phi) is 6.20. The second kappa shape index (κ2) is 8.29. The molecule has 8 heteroatoms. The summed E-state index contributed by atoms with van der Waals surface area (Å²) in [4.78, 5) is 26.0. The molecule has 0 fully saturated rings. The molecule has 2 aromatic rings. The standard InChI is InChI=1S/C20H18Cl3NO4/c1-12(25)11-20(27)15-9-13(21)3-5-17(15)24(19(20)26)7-2-8-28-18-6-4-14(22)10-16(18)23/h3-6,9-10,27H,2,7-8,11H2,1H3. The van der Waals surface area contributed by atoms with Crippen LogP contribution in [0.4, 0.5) is 5.69 Å². The van der Waals surface area contributed by atoms with Crippen molar-refractivity contribution in [3.63, 3.8) is 0 Å². The van der Waals surface area contributed by atoms with Gasteiger partial charge in [0, 0.05) is 28.6 Å². The van der Waals surface area contributed by atoms with Gasteiger partial charge in [-0.3, -0.25) is 9.59 Å². The monoisotopic (exact) mass is 441 g/mol. The molecule has 0 aliphatic carbocycles. The summed E-state index contributed by atoms with van der Waals surface area (Å²) < 4.78 is 5.64. The lowest BCUT2D eigenvalue weighted by Gasteiger charge is -2.22. The molecule has 5 nitrogen and oxygen atoms in total. The van der Waals surface area contributed by atoms with Crippen molar-refractivity contribution in [2.45, 2.75) is 25.4 Å². The minimum absolute atomic E-state index is 0.288. The number of carbonyl (C=O) groups excluding carboxylic acids is 2. The summed E-state index contributed by atoms with van der Waals surface area (Å²) in [6, 6.07) is 9.78. The Labute approximate surface area is 177 Å². The van der Waals surface area contributed by atoms with Gasteiger partial charge in [-0.2, -0.15) is 0 Å². The Morgan fingerprint density at radius 2 is 1.82 bits per heavy atom. The molecule has 0 bridgehead atoms. The van der Waals surface area contributed by atoms with Gasteiger partial charge in [0.05, 0.1) is 17.3 Å². The molecular weight excluding hydrogens is 425 g/mol. The van der Waals surface area contributed by atoms with Crippen molar-refractivity contribution in [1.29, 1.82) is 0 Å². The van der Waals surface area contributed by atoms with Crippen molar-refractivity contribution in [2.75, 3.05) is 18.1 Å². The van der Waals surface area contributed by atoms with E-state index in [9.17, 15) is 14.7 Å². The minimum Gasteiger partial charge on any atom is -0.492 e. The van der Waals surface area contributed by atoms with Crippen LogP contribution in [-0.2, 0) is 15.2 Å². The van der Waals surface area contributed by atoms with Gasteiger partial charge in [0.2, 0.25) is 0 Å². The van der Waals surface area contributed by atoms with Crippen molar-refractivity contribution in [2.24, 2.45) is 0 Å². The average Bonchev–Trinajstić information content (AvgIpc) is 2.81. The number of carbonyl (C=O) groups is 2. The second-order valence-electron chi connectivity index (χ2n) is 6.63. The van der Waals surface area contributed by atoms with Crippen molar-refractivity contribution in [1.82, 2.24) is 0 Å². The van der Waals surface area contributed by atoms with Gasteiger partial charge in [-0.25, -0.2) is 0 Å². The number of ketones is 1. The quantitative estimate of drug-likeness (QED) is 0.635. The zero-order chi connectivity index (χ0) is 20.5. The van der Waals surface area contributed by atoms with Crippen molar-refractivity contribution in [3.05, 3.63) is 57.0 Å².